The van der Waals surface area contributed by atoms with Gasteiger partial charge in [0, 0.05) is 26.6 Å². The third kappa shape index (κ3) is 7.20. The zero-order valence-corrected chi connectivity index (χ0v) is 13.6. The third-order valence-electron chi connectivity index (χ3n) is 3.38. The lowest BCUT2D eigenvalue weighted by Gasteiger charge is -2.22. The van der Waals surface area contributed by atoms with Gasteiger partial charge in [0.2, 0.25) is 11.8 Å². The van der Waals surface area contributed by atoms with Gasteiger partial charge in [-0.2, -0.15) is 0 Å². The fraction of sp³-hybridized carbons (Fsp3) is 0.529. The quantitative estimate of drug-likeness (QED) is 0.801. The molecule has 0 aliphatic carbocycles. The van der Waals surface area contributed by atoms with Gasteiger partial charge in [0.1, 0.15) is 5.82 Å². The second-order valence-corrected chi connectivity index (χ2v) is 5.85. The SMILES string of the molecule is CC(=O)N(CCNC(=O)Cc1cccc(F)c1)CCC(C)C. The van der Waals surface area contributed by atoms with Crippen molar-refractivity contribution < 1.29 is 14.0 Å². The number of hydrogen-bond acceptors (Lipinski definition) is 2. The Kier molecular flexibility index (Phi) is 7.57. The average Bonchev–Trinajstić information content (AvgIpc) is 2.41. The van der Waals surface area contributed by atoms with Gasteiger partial charge in [0.05, 0.1) is 6.42 Å². The first-order valence-electron chi connectivity index (χ1n) is 7.65. The van der Waals surface area contributed by atoms with Crippen molar-refractivity contribution in [3.8, 4) is 0 Å². The van der Waals surface area contributed by atoms with Gasteiger partial charge in [-0.1, -0.05) is 26.0 Å². The Bertz CT molecular complexity index is 503. The Balaban J connectivity index is 2.34. The van der Waals surface area contributed by atoms with E-state index in [9.17, 15) is 14.0 Å². The molecule has 1 aromatic rings. The van der Waals surface area contributed by atoms with Gasteiger partial charge >= 0.3 is 0 Å². The normalized spacial score (nSPS) is 10.6. The first kappa shape index (κ1) is 18.1. The van der Waals surface area contributed by atoms with E-state index >= 15 is 0 Å². The number of nitrogens with one attached hydrogen (secondary N) is 1. The molecule has 1 aromatic carbocycles. The highest BCUT2D eigenvalue weighted by atomic mass is 19.1. The molecule has 0 unspecified atom stereocenters. The van der Waals surface area contributed by atoms with Gasteiger partial charge in [-0.3, -0.25) is 9.59 Å². The molecule has 0 radical (unpaired) electrons. The highest BCUT2D eigenvalue weighted by Gasteiger charge is 2.10. The molecule has 4 nitrogen and oxygen atoms in total. The number of carbonyl (C=O) groups is 2. The predicted octanol–water partition coefficient (Wildman–Crippen LogP) is 2.38. The van der Waals surface area contributed by atoms with Gasteiger partial charge in [-0.15, -0.1) is 0 Å². The van der Waals surface area contributed by atoms with Gasteiger partial charge in [0.15, 0.2) is 0 Å². The molecule has 0 fully saturated rings. The van der Waals surface area contributed by atoms with E-state index < -0.39 is 0 Å². The summed E-state index contributed by atoms with van der Waals surface area (Å²) in [5.41, 5.74) is 0.640. The molecule has 5 heteroatoms. The maximum Gasteiger partial charge on any atom is 0.224 e. The van der Waals surface area contributed by atoms with E-state index in [0.717, 1.165) is 6.42 Å². The minimum Gasteiger partial charge on any atom is -0.354 e. The summed E-state index contributed by atoms with van der Waals surface area (Å²) < 4.78 is 13.0. The molecule has 122 valence electrons. The number of hydrogen-bond donors (Lipinski definition) is 1. The molecule has 1 N–H and O–H groups in total. The largest absolute Gasteiger partial charge is 0.354 e. The van der Waals surface area contributed by atoms with Crippen molar-refractivity contribution in [3.05, 3.63) is 35.6 Å². The van der Waals surface area contributed by atoms with E-state index in [-0.39, 0.29) is 24.1 Å². The summed E-state index contributed by atoms with van der Waals surface area (Å²) in [6, 6.07) is 6.00. The van der Waals surface area contributed by atoms with Crippen LogP contribution in [0.15, 0.2) is 24.3 Å². The van der Waals surface area contributed by atoms with Crippen molar-refractivity contribution in [1.82, 2.24) is 10.2 Å². The lowest BCUT2D eigenvalue weighted by atomic mass is 10.1. The minimum absolute atomic E-state index is 0.0139. The third-order valence-corrected chi connectivity index (χ3v) is 3.38. The number of benzene rings is 1. The molecule has 1 rings (SSSR count). The maximum atomic E-state index is 13.0. The number of amides is 2. The first-order valence-corrected chi connectivity index (χ1v) is 7.65. The molecule has 0 aliphatic rings. The lowest BCUT2D eigenvalue weighted by Crippen LogP contribution is -2.38. The van der Waals surface area contributed by atoms with E-state index in [1.165, 1.54) is 19.1 Å². The van der Waals surface area contributed by atoms with E-state index in [1.807, 2.05) is 0 Å². The van der Waals surface area contributed by atoms with Crippen LogP contribution in [0.5, 0.6) is 0 Å². The van der Waals surface area contributed by atoms with Crippen molar-refractivity contribution in [2.45, 2.75) is 33.6 Å². The second-order valence-electron chi connectivity index (χ2n) is 5.85. The van der Waals surface area contributed by atoms with Crippen molar-refractivity contribution >= 4 is 11.8 Å². The van der Waals surface area contributed by atoms with Crippen LogP contribution >= 0.6 is 0 Å². The standard InChI is InChI=1S/C17H25FN2O2/c1-13(2)7-9-20(14(3)21)10-8-19-17(22)12-15-5-4-6-16(18)11-15/h4-6,11,13H,7-10,12H2,1-3H3,(H,19,22). The van der Waals surface area contributed by atoms with Gasteiger partial charge in [-0.25, -0.2) is 4.39 Å². The number of rotatable bonds is 8. The van der Waals surface area contributed by atoms with Crippen LogP contribution in [-0.4, -0.2) is 36.3 Å². The molecule has 0 bridgehead atoms. The highest BCUT2D eigenvalue weighted by molar-refractivity contribution is 5.78. The van der Waals surface area contributed by atoms with Crippen LogP contribution in [0.1, 0.15) is 32.8 Å². The van der Waals surface area contributed by atoms with Crippen molar-refractivity contribution in [1.29, 1.82) is 0 Å². The van der Waals surface area contributed by atoms with Crippen LogP contribution in [0.2, 0.25) is 0 Å². The zero-order chi connectivity index (χ0) is 16.5. The number of halogens is 1. The summed E-state index contributed by atoms with van der Waals surface area (Å²) in [5.74, 6) is 0.0316. The van der Waals surface area contributed by atoms with Crippen molar-refractivity contribution in [2.75, 3.05) is 19.6 Å². The van der Waals surface area contributed by atoms with Crippen LogP contribution in [0, 0.1) is 11.7 Å². The molecule has 0 saturated heterocycles. The van der Waals surface area contributed by atoms with Crippen LogP contribution in [0.4, 0.5) is 4.39 Å². The summed E-state index contributed by atoms with van der Waals surface area (Å²) in [5, 5.41) is 2.77. The zero-order valence-electron chi connectivity index (χ0n) is 13.6. The monoisotopic (exact) mass is 308 g/mol. The molecule has 0 aliphatic heterocycles. The molecule has 2 amide bonds. The summed E-state index contributed by atoms with van der Waals surface area (Å²) in [6.45, 7) is 7.36. The van der Waals surface area contributed by atoms with E-state index in [4.69, 9.17) is 0 Å². The topological polar surface area (TPSA) is 49.4 Å². The summed E-state index contributed by atoms with van der Waals surface area (Å²) in [4.78, 5) is 25.1. The lowest BCUT2D eigenvalue weighted by molar-refractivity contribution is -0.129. The number of carbonyl (C=O) groups excluding carboxylic acids is 2. The predicted molar refractivity (Wildman–Crippen MR) is 84.8 cm³/mol. The summed E-state index contributed by atoms with van der Waals surface area (Å²) >= 11 is 0. The van der Waals surface area contributed by atoms with Crippen LogP contribution < -0.4 is 5.32 Å². The Hall–Kier alpha value is -1.91. The van der Waals surface area contributed by atoms with Gasteiger partial charge in [-0.05, 0) is 30.0 Å². The fourth-order valence-corrected chi connectivity index (χ4v) is 2.07. The molecule has 0 aromatic heterocycles. The Morgan fingerprint density at radius 3 is 2.59 bits per heavy atom. The van der Waals surface area contributed by atoms with Crippen molar-refractivity contribution in [3.63, 3.8) is 0 Å². The molecule has 22 heavy (non-hydrogen) atoms. The van der Waals surface area contributed by atoms with Crippen LogP contribution in [-0.2, 0) is 16.0 Å². The van der Waals surface area contributed by atoms with E-state index in [2.05, 4.69) is 19.2 Å². The Morgan fingerprint density at radius 1 is 1.27 bits per heavy atom. The molecular formula is C17H25FN2O2. The molecular weight excluding hydrogens is 283 g/mol. The molecule has 0 spiro atoms. The molecule has 0 atom stereocenters. The fourth-order valence-electron chi connectivity index (χ4n) is 2.07. The second kappa shape index (κ2) is 9.18. The smallest absolute Gasteiger partial charge is 0.224 e. The minimum atomic E-state index is -0.346. The Labute approximate surface area is 131 Å². The Morgan fingerprint density at radius 2 is 2.00 bits per heavy atom. The average molecular weight is 308 g/mol. The van der Waals surface area contributed by atoms with Crippen molar-refractivity contribution in [2.24, 2.45) is 5.92 Å². The highest BCUT2D eigenvalue weighted by Crippen LogP contribution is 2.04. The van der Waals surface area contributed by atoms with E-state index in [1.54, 1.807) is 17.0 Å². The number of nitrogens with zero attached hydrogens (tertiary/aromatic N) is 1. The van der Waals surface area contributed by atoms with Crippen LogP contribution in [0.3, 0.4) is 0 Å². The first-order chi connectivity index (χ1) is 10.4. The molecule has 0 heterocycles. The summed E-state index contributed by atoms with van der Waals surface area (Å²) in [6.07, 6.45) is 1.08. The molecule has 0 saturated carbocycles. The van der Waals surface area contributed by atoms with Gasteiger partial charge in [0.25, 0.3) is 0 Å². The summed E-state index contributed by atoms with van der Waals surface area (Å²) in [7, 11) is 0. The maximum absolute atomic E-state index is 13.0. The van der Waals surface area contributed by atoms with E-state index in [0.29, 0.717) is 31.1 Å². The van der Waals surface area contributed by atoms with Gasteiger partial charge < -0.3 is 10.2 Å². The van der Waals surface area contributed by atoms with Crippen LogP contribution in [0.25, 0.3) is 0 Å².